The van der Waals surface area contributed by atoms with Crippen LogP contribution in [0.15, 0.2) is 12.3 Å². The van der Waals surface area contributed by atoms with Gasteiger partial charge in [0.25, 0.3) is 0 Å². The maximum atomic E-state index is 11.3. The largest absolute Gasteiger partial charge is 0.348 e. The van der Waals surface area contributed by atoms with Gasteiger partial charge in [0.1, 0.15) is 0 Å². The average molecular weight is 278 g/mol. The van der Waals surface area contributed by atoms with Gasteiger partial charge in [-0.15, -0.1) is 0 Å². The third-order valence-corrected chi connectivity index (χ3v) is 4.12. The molecule has 6 heteroatoms. The highest BCUT2D eigenvalue weighted by Crippen LogP contribution is 2.35. The van der Waals surface area contributed by atoms with Crippen LogP contribution in [0.4, 0.5) is 11.5 Å². The molecule has 1 aromatic rings. The van der Waals surface area contributed by atoms with Gasteiger partial charge in [0.15, 0.2) is 0 Å². The van der Waals surface area contributed by atoms with Gasteiger partial charge in [0.05, 0.1) is 4.92 Å². The number of aromatic nitrogens is 1. The molecular formula is C14H22N4O2. The second-order valence-electron chi connectivity index (χ2n) is 5.39. The molecule has 0 radical (unpaired) electrons. The average Bonchev–Trinajstić information content (AvgIpc) is 2.89. The van der Waals surface area contributed by atoms with Crippen molar-refractivity contribution >= 4 is 11.5 Å². The lowest BCUT2D eigenvalue weighted by Crippen LogP contribution is -2.41. The fourth-order valence-electron chi connectivity index (χ4n) is 3.15. The highest BCUT2D eigenvalue weighted by molar-refractivity contribution is 5.59. The summed E-state index contributed by atoms with van der Waals surface area (Å²) in [5.74, 6) is 0.881. The second-order valence-corrected chi connectivity index (χ2v) is 5.39. The lowest BCUT2D eigenvalue weighted by Gasteiger charge is -2.32. The van der Waals surface area contributed by atoms with E-state index in [9.17, 15) is 10.1 Å². The molecule has 2 atom stereocenters. The third-order valence-electron chi connectivity index (χ3n) is 4.12. The Bertz CT molecular complexity index is 492. The van der Waals surface area contributed by atoms with Gasteiger partial charge in [0, 0.05) is 24.8 Å². The summed E-state index contributed by atoms with van der Waals surface area (Å²) >= 11 is 0. The third kappa shape index (κ3) is 2.75. The summed E-state index contributed by atoms with van der Waals surface area (Å²) in [5, 5.41) is 11.3. The van der Waals surface area contributed by atoms with E-state index < -0.39 is 0 Å². The molecule has 1 heterocycles. The fraction of sp³-hybridized carbons (Fsp3) is 0.643. The van der Waals surface area contributed by atoms with E-state index in [1.807, 2.05) is 13.8 Å². The molecule has 2 rings (SSSR count). The van der Waals surface area contributed by atoms with Gasteiger partial charge in [-0.25, -0.2) is 4.98 Å². The number of anilines is 1. The van der Waals surface area contributed by atoms with E-state index in [4.69, 9.17) is 5.73 Å². The number of nitrogens with two attached hydrogens (primary N) is 1. The van der Waals surface area contributed by atoms with Crippen LogP contribution >= 0.6 is 0 Å². The van der Waals surface area contributed by atoms with Gasteiger partial charge in [-0.3, -0.25) is 10.1 Å². The number of pyridine rings is 1. The predicted molar refractivity (Wildman–Crippen MR) is 78.8 cm³/mol. The summed E-state index contributed by atoms with van der Waals surface area (Å²) in [4.78, 5) is 17.3. The smallest absolute Gasteiger partial charge is 0.311 e. The van der Waals surface area contributed by atoms with Gasteiger partial charge < -0.3 is 10.6 Å². The van der Waals surface area contributed by atoms with Gasteiger partial charge in [-0.05, 0) is 44.7 Å². The lowest BCUT2D eigenvalue weighted by molar-refractivity contribution is -0.384. The number of hydrogen-bond donors (Lipinski definition) is 1. The van der Waals surface area contributed by atoms with E-state index in [0.29, 0.717) is 24.8 Å². The Morgan fingerprint density at radius 2 is 2.30 bits per heavy atom. The monoisotopic (exact) mass is 278 g/mol. The zero-order valence-electron chi connectivity index (χ0n) is 12.1. The minimum absolute atomic E-state index is 0.0921. The van der Waals surface area contributed by atoms with Crippen LogP contribution in [0.3, 0.4) is 0 Å². The van der Waals surface area contributed by atoms with Crippen LogP contribution in [0.1, 0.15) is 31.7 Å². The van der Waals surface area contributed by atoms with Crippen molar-refractivity contribution in [2.24, 2.45) is 11.7 Å². The molecule has 2 N–H and O–H groups in total. The molecule has 1 fully saturated rings. The zero-order valence-corrected chi connectivity index (χ0v) is 12.1. The van der Waals surface area contributed by atoms with E-state index in [-0.39, 0.29) is 16.7 Å². The lowest BCUT2D eigenvalue weighted by atomic mass is 10.0. The minimum atomic E-state index is -0.343. The molecule has 0 aromatic carbocycles. The molecule has 0 amide bonds. The molecule has 1 aromatic heterocycles. The van der Waals surface area contributed by atoms with Crippen LogP contribution in [0.2, 0.25) is 0 Å². The van der Waals surface area contributed by atoms with Gasteiger partial charge in [0.2, 0.25) is 5.82 Å². The number of nitro groups is 1. The highest BCUT2D eigenvalue weighted by atomic mass is 16.6. The molecule has 1 saturated carbocycles. The first-order chi connectivity index (χ1) is 9.58. The summed E-state index contributed by atoms with van der Waals surface area (Å²) in [5.41, 5.74) is 6.73. The van der Waals surface area contributed by atoms with Crippen molar-refractivity contribution in [3.8, 4) is 0 Å². The first-order valence-electron chi connectivity index (χ1n) is 7.16. The number of aryl methyl sites for hydroxylation is 1. The van der Waals surface area contributed by atoms with Crippen molar-refractivity contribution in [2.75, 3.05) is 18.0 Å². The predicted octanol–water partition coefficient (Wildman–Crippen LogP) is 2.25. The summed E-state index contributed by atoms with van der Waals surface area (Å²) in [7, 11) is 0. The first kappa shape index (κ1) is 14.7. The molecule has 0 saturated heterocycles. The van der Waals surface area contributed by atoms with Crippen molar-refractivity contribution < 1.29 is 4.92 Å². The van der Waals surface area contributed by atoms with E-state index in [1.165, 1.54) is 0 Å². The quantitative estimate of drug-likeness (QED) is 0.659. The van der Waals surface area contributed by atoms with Crippen LogP contribution in [0, 0.1) is 23.0 Å². The van der Waals surface area contributed by atoms with E-state index in [1.54, 1.807) is 12.3 Å². The Balaban J connectivity index is 2.39. The SMILES string of the molecule is CCN(c1ncc(C)cc1[N+](=O)[O-])C1CCCC1CN. The normalized spacial score (nSPS) is 21.9. The molecule has 2 unspecified atom stereocenters. The second kappa shape index (κ2) is 6.17. The topological polar surface area (TPSA) is 85.3 Å². The van der Waals surface area contributed by atoms with Crippen molar-refractivity contribution in [3.05, 3.63) is 27.9 Å². The summed E-state index contributed by atoms with van der Waals surface area (Å²) in [6.07, 6.45) is 4.94. The molecule has 6 nitrogen and oxygen atoms in total. The van der Waals surface area contributed by atoms with Crippen molar-refractivity contribution in [2.45, 2.75) is 39.2 Å². The fourth-order valence-corrected chi connectivity index (χ4v) is 3.15. The molecule has 110 valence electrons. The molecule has 0 spiro atoms. The standard InChI is InChI=1S/C14H22N4O2/c1-3-17(12-6-4-5-11(12)8-15)14-13(18(19)20)7-10(2)9-16-14/h7,9,11-12H,3-6,8,15H2,1-2H3. The number of rotatable bonds is 5. The maximum absolute atomic E-state index is 11.3. The molecule has 1 aliphatic rings. The number of hydrogen-bond acceptors (Lipinski definition) is 5. The van der Waals surface area contributed by atoms with Crippen molar-refractivity contribution in [1.29, 1.82) is 0 Å². The summed E-state index contributed by atoms with van der Waals surface area (Å²) in [6, 6.07) is 1.86. The van der Waals surface area contributed by atoms with Crippen LogP contribution < -0.4 is 10.6 Å². The highest BCUT2D eigenvalue weighted by Gasteiger charge is 2.34. The minimum Gasteiger partial charge on any atom is -0.348 e. The zero-order chi connectivity index (χ0) is 14.7. The van der Waals surface area contributed by atoms with Crippen LogP contribution in [-0.2, 0) is 0 Å². The van der Waals surface area contributed by atoms with E-state index in [0.717, 1.165) is 24.8 Å². The Morgan fingerprint density at radius 3 is 2.90 bits per heavy atom. The van der Waals surface area contributed by atoms with Crippen LogP contribution in [-0.4, -0.2) is 29.0 Å². The molecule has 0 aliphatic heterocycles. The Kier molecular flexibility index (Phi) is 4.54. The summed E-state index contributed by atoms with van der Waals surface area (Å²) < 4.78 is 0. The molecule has 20 heavy (non-hydrogen) atoms. The Labute approximate surface area is 119 Å². The van der Waals surface area contributed by atoms with E-state index in [2.05, 4.69) is 9.88 Å². The molecule has 0 bridgehead atoms. The van der Waals surface area contributed by atoms with Crippen molar-refractivity contribution in [3.63, 3.8) is 0 Å². The Hall–Kier alpha value is -1.69. The van der Waals surface area contributed by atoms with Crippen LogP contribution in [0.25, 0.3) is 0 Å². The van der Waals surface area contributed by atoms with Crippen molar-refractivity contribution in [1.82, 2.24) is 4.98 Å². The van der Waals surface area contributed by atoms with Crippen LogP contribution in [0.5, 0.6) is 0 Å². The van der Waals surface area contributed by atoms with Gasteiger partial charge in [-0.2, -0.15) is 0 Å². The maximum Gasteiger partial charge on any atom is 0.311 e. The van der Waals surface area contributed by atoms with Gasteiger partial charge in [-0.1, -0.05) is 6.42 Å². The number of nitrogens with zero attached hydrogens (tertiary/aromatic N) is 3. The summed E-state index contributed by atoms with van der Waals surface area (Å²) in [6.45, 7) is 5.16. The van der Waals surface area contributed by atoms with Gasteiger partial charge >= 0.3 is 5.69 Å². The van der Waals surface area contributed by atoms with E-state index >= 15 is 0 Å². The molecular weight excluding hydrogens is 256 g/mol. The molecule has 1 aliphatic carbocycles. The first-order valence-corrected chi connectivity index (χ1v) is 7.16. The Morgan fingerprint density at radius 1 is 1.55 bits per heavy atom.